The zero-order valence-corrected chi connectivity index (χ0v) is 14.6. The Morgan fingerprint density at radius 1 is 1.28 bits per heavy atom. The second-order valence-corrected chi connectivity index (χ2v) is 6.49. The number of nitrogens with zero attached hydrogens (tertiary/aromatic N) is 1. The molecular weight excluding hydrogens is 314 g/mol. The van der Waals surface area contributed by atoms with Crippen LogP contribution in [0.4, 0.5) is 5.69 Å². The van der Waals surface area contributed by atoms with E-state index in [4.69, 9.17) is 10.5 Å². The number of nitrogen functional groups attached to an aromatic ring is 1. The first kappa shape index (κ1) is 17.3. The van der Waals surface area contributed by atoms with E-state index in [0.717, 1.165) is 32.5 Å². The van der Waals surface area contributed by atoms with Crippen molar-refractivity contribution in [1.82, 2.24) is 10.2 Å². The summed E-state index contributed by atoms with van der Waals surface area (Å²) < 4.78 is 5.28. The topological polar surface area (TPSA) is 67.6 Å². The van der Waals surface area contributed by atoms with E-state index >= 15 is 0 Å². The van der Waals surface area contributed by atoms with Crippen molar-refractivity contribution >= 4 is 11.6 Å². The van der Waals surface area contributed by atoms with Gasteiger partial charge in [0.2, 0.25) is 0 Å². The second kappa shape index (κ2) is 8.03. The predicted molar refractivity (Wildman–Crippen MR) is 99.6 cm³/mol. The molecule has 1 heterocycles. The number of nitrogens with one attached hydrogen (secondary N) is 1. The van der Waals surface area contributed by atoms with Gasteiger partial charge in [-0.15, -0.1) is 0 Å². The van der Waals surface area contributed by atoms with E-state index in [-0.39, 0.29) is 11.9 Å². The van der Waals surface area contributed by atoms with Gasteiger partial charge in [-0.1, -0.05) is 30.3 Å². The molecule has 1 unspecified atom stereocenters. The predicted octanol–water partition coefficient (Wildman–Crippen LogP) is 2.67. The number of piperidine rings is 1. The third-order valence-electron chi connectivity index (χ3n) is 4.56. The number of likely N-dealkylation sites (tertiary alicyclic amines) is 1. The number of anilines is 1. The normalized spacial score (nSPS) is 17.9. The summed E-state index contributed by atoms with van der Waals surface area (Å²) in [4.78, 5) is 15.0. The van der Waals surface area contributed by atoms with E-state index in [1.807, 2.05) is 6.07 Å². The highest BCUT2D eigenvalue weighted by molar-refractivity contribution is 5.98. The van der Waals surface area contributed by atoms with Crippen LogP contribution in [0, 0.1) is 0 Å². The molecule has 3 rings (SSSR count). The Balaban J connectivity index is 1.62. The largest absolute Gasteiger partial charge is 0.496 e. The average molecular weight is 339 g/mol. The van der Waals surface area contributed by atoms with Gasteiger partial charge in [0.05, 0.1) is 12.7 Å². The SMILES string of the molecule is COc1ccc(N)cc1C(=O)NC1CCCN(Cc2ccccc2)C1. The summed E-state index contributed by atoms with van der Waals surface area (Å²) in [6, 6.07) is 15.7. The number of carbonyl (C=O) groups is 1. The van der Waals surface area contributed by atoms with Gasteiger partial charge in [0, 0.05) is 24.8 Å². The van der Waals surface area contributed by atoms with Crippen molar-refractivity contribution < 1.29 is 9.53 Å². The molecule has 3 N–H and O–H groups in total. The third kappa shape index (κ3) is 4.51. The molecule has 0 bridgehead atoms. The maximum atomic E-state index is 12.6. The minimum Gasteiger partial charge on any atom is -0.496 e. The van der Waals surface area contributed by atoms with Crippen LogP contribution in [0.2, 0.25) is 0 Å². The van der Waals surface area contributed by atoms with Crippen LogP contribution in [0.3, 0.4) is 0 Å². The van der Waals surface area contributed by atoms with Gasteiger partial charge in [0.25, 0.3) is 5.91 Å². The van der Waals surface area contributed by atoms with E-state index in [1.165, 1.54) is 5.56 Å². The molecule has 5 nitrogen and oxygen atoms in total. The lowest BCUT2D eigenvalue weighted by molar-refractivity contribution is 0.0898. The summed E-state index contributed by atoms with van der Waals surface area (Å²) in [5.74, 6) is 0.416. The highest BCUT2D eigenvalue weighted by Crippen LogP contribution is 2.22. The summed E-state index contributed by atoms with van der Waals surface area (Å²) in [5.41, 5.74) is 8.16. The molecule has 0 spiro atoms. The van der Waals surface area contributed by atoms with Crippen molar-refractivity contribution in [1.29, 1.82) is 0 Å². The zero-order valence-electron chi connectivity index (χ0n) is 14.6. The summed E-state index contributed by atoms with van der Waals surface area (Å²) in [7, 11) is 1.56. The van der Waals surface area contributed by atoms with Crippen molar-refractivity contribution in [2.24, 2.45) is 0 Å². The lowest BCUT2D eigenvalue weighted by Gasteiger charge is -2.33. The smallest absolute Gasteiger partial charge is 0.255 e. The van der Waals surface area contributed by atoms with E-state index in [0.29, 0.717) is 17.0 Å². The molecule has 132 valence electrons. The quantitative estimate of drug-likeness (QED) is 0.822. The van der Waals surface area contributed by atoms with Gasteiger partial charge in [-0.2, -0.15) is 0 Å². The van der Waals surface area contributed by atoms with E-state index < -0.39 is 0 Å². The molecule has 2 aromatic rings. The Labute approximate surface area is 148 Å². The first-order valence-electron chi connectivity index (χ1n) is 8.66. The van der Waals surface area contributed by atoms with Crippen molar-refractivity contribution in [2.45, 2.75) is 25.4 Å². The fourth-order valence-electron chi connectivity index (χ4n) is 3.32. The minimum absolute atomic E-state index is 0.129. The lowest BCUT2D eigenvalue weighted by atomic mass is 10.0. The van der Waals surface area contributed by atoms with Crippen LogP contribution in [-0.4, -0.2) is 37.0 Å². The Hall–Kier alpha value is -2.53. The van der Waals surface area contributed by atoms with Crippen LogP contribution in [0.5, 0.6) is 5.75 Å². The molecular formula is C20H25N3O2. The molecule has 1 aliphatic heterocycles. The standard InChI is InChI=1S/C20H25N3O2/c1-25-19-10-9-16(21)12-18(19)20(24)22-17-8-5-11-23(14-17)13-15-6-3-2-4-7-15/h2-4,6-7,9-10,12,17H,5,8,11,13-14,21H2,1H3,(H,22,24). The fourth-order valence-corrected chi connectivity index (χ4v) is 3.32. The maximum Gasteiger partial charge on any atom is 0.255 e. The Morgan fingerprint density at radius 2 is 2.08 bits per heavy atom. The number of ether oxygens (including phenoxy) is 1. The molecule has 1 atom stereocenters. The molecule has 0 radical (unpaired) electrons. The van der Waals surface area contributed by atoms with Gasteiger partial charge in [0.1, 0.15) is 5.75 Å². The molecule has 2 aromatic carbocycles. The molecule has 1 amide bonds. The zero-order chi connectivity index (χ0) is 17.6. The van der Waals surface area contributed by atoms with Crippen LogP contribution in [0.15, 0.2) is 48.5 Å². The number of amides is 1. The first-order chi connectivity index (χ1) is 12.2. The number of carbonyl (C=O) groups excluding carboxylic acids is 1. The van der Waals surface area contributed by atoms with E-state index in [1.54, 1.807) is 25.3 Å². The Morgan fingerprint density at radius 3 is 2.84 bits per heavy atom. The number of hydrogen-bond donors (Lipinski definition) is 2. The van der Waals surface area contributed by atoms with Gasteiger partial charge in [-0.25, -0.2) is 0 Å². The second-order valence-electron chi connectivity index (χ2n) is 6.49. The number of nitrogens with two attached hydrogens (primary N) is 1. The monoisotopic (exact) mass is 339 g/mol. The Bertz CT molecular complexity index is 718. The average Bonchev–Trinajstić information content (AvgIpc) is 2.63. The van der Waals surface area contributed by atoms with Gasteiger partial charge in [-0.05, 0) is 43.1 Å². The summed E-state index contributed by atoms with van der Waals surface area (Å²) in [5, 5.41) is 3.14. The van der Waals surface area contributed by atoms with E-state index in [2.05, 4.69) is 34.5 Å². The first-order valence-corrected chi connectivity index (χ1v) is 8.66. The van der Waals surface area contributed by atoms with Crippen LogP contribution >= 0.6 is 0 Å². The fraction of sp³-hybridized carbons (Fsp3) is 0.350. The van der Waals surface area contributed by atoms with Crippen molar-refractivity contribution in [3.63, 3.8) is 0 Å². The maximum absolute atomic E-state index is 12.6. The summed E-state index contributed by atoms with van der Waals surface area (Å²) >= 11 is 0. The van der Waals surface area contributed by atoms with Crippen LogP contribution in [-0.2, 0) is 6.54 Å². The Kier molecular flexibility index (Phi) is 5.56. The van der Waals surface area contributed by atoms with Gasteiger partial charge in [0.15, 0.2) is 0 Å². The van der Waals surface area contributed by atoms with Gasteiger partial charge in [-0.3, -0.25) is 9.69 Å². The van der Waals surface area contributed by atoms with E-state index in [9.17, 15) is 4.79 Å². The van der Waals surface area contributed by atoms with Gasteiger partial charge < -0.3 is 15.8 Å². The highest BCUT2D eigenvalue weighted by atomic mass is 16.5. The molecule has 0 saturated carbocycles. The van der Waals surface area contributed by atoms with Crippen molar-refractivity contribution in [2.75, 3.05) is 25.9 Å². The molecule has 1 saturated heterocycles. The van der Waals surface area contributed by atoms with Gasteiger partial charge >= 0.3 is 0 Å². The van der Waals surface area contributed by atoms with Crippen LogP contribution in [0.25, 0.3) is 0 Å². The van der Waals surface area contributed by atoms with Crippen LogP contribution < -0.4 is 15.8 Å². The summed E-state index contributed by atoms with van der Waals surface area (Å²) in [6.07, 6.45) is 2.06. The third-order valence-corrected chi connectivity index (χ3v) is 4.56. The van der Waals surface area contributed by atoms with Crippen LogP contribution in [0.1, 0.15) is 28.8 Å². The number of methoxy groups -OCH3 is 1. The number of rotatable bonds is 5. The number of hydrogen-bond acceptors (Lipinski definition) is 4. The molecule has 5 heteroatoms. The molecule has 0 aromatic heterocycles. The van der Waals surface area contributed by atoms with Crippen molar-refractivity contribution in [3.05, 3.63) is 59.7 Å². The number of benzene rings is 2. The molecule has 25 heavy (non-hydrogen) atoms. The minimum atomic E-state index is -0.129. The highest BCUT2D eigenvalue weighted by Gasteiger charge is 2.23. The summed E-state index contributed by atoms with van der Waals surface area (Å²) in [6.45, 7) is 2.82. The lowest BCUT2D eigenvalue weighted by Crippen LogP contribution is -2.47. The molecule has 1 fully saturated rings. The molecule has 1 aliphatic rings. The molecule has 0 aliphatic carbocycles. The van der Waals surface area contributed by atoms with Crippen molar-refractivity contribution in [3.8, 4) is 5.75 Å².